The number of aromatic nitrogens is 1. The van der Waals surface area contributed by atoms with E-state index in [4.69, 9.17) is 5.73 Å². The van der Waals surface area contributed by atoms with E-state index in [9.17, 15) is 5.11 Å². The van der Waals surface area contributed by atoms with Crippen LogP contribution in [0.15, 0.2) is 18.3 Å². The Labute approximate surface area is 91.3 Å². The maximum atomic E-state index is 9.77. The number of nitrogens with zero attached hydrogens (tertiary/aromatic N) is 1. The Hall–Kier alpha value is -1.09. The fourth-order valence-corrected chi connectivity index (χ4v) is 1.61. The zero-order valence-electron chi connectivity index (χ0n) is 9.32. The molecule has 0 fully saturated rings. The molecule has 0 aliphatic rings. The molecule has 0 aromatic carbocycles. The molecular weight excluding hydrogens is 188 g/mol. The molecule has 3 nitrogen and oxygen atoms in total. The summed E-state index contributed by atoms with van der Waals surface area (Å²) in [6.45, 7) is 2.16. The summed E-state index contributed by atoms with van der Waals surface area (Å²) in [6.07, 6.45) is 6.29. The van der Waals surface area contributed by atoms with Gasteiger partial charge in [-0.05, 0) is 18.1 Å². The molecule has 3 heteroatoms. The van der Waals surface area contributed by atoms with Crippen molar-refractivity contribution in [3.63, 3.8) is 0 Å². The van der Waals surface area contributed by atoms with Crippen molar-refractivity contribution in [2.45, 2.75) is 45.1 Å². The lowest BCUT2D eigenvalue weighted by molar-refractivity contribution is 0.161. The Morgan fingerprint density at radius 2 is 2.27 bits per heavy atom. The molecule has 84 valence electrons. The van der Waals surface area contributed by atoms with E-state index in [1.807, 2.05) is 12.1 Å². The van der Waals surface area contributed by atoms with E-state index in [2.05, 4.69) is 11.9 Å². The third kappa shape index (κ3) is 4.30. The van der Waals surface area contributed by atoms with Gasteiger partial charge in [0.1, 0.15) is 5.82 Å². The first kappa shape index (κ1) is 12.0. The van der Waals surface area contributed by atoms with Gasteiger partial charge < -0.3 is 10.8 Å². The molecule has 1 rings (SSSR count). The maximum Gasteiger partial charge on any atom is 0.126 e. The number of aliphatic hydroxyl groups excluding tert-OH is 1. The summed E-state index contributed by atoms with van der Waals surface area (Å²) in [7, 11) is 0. The van der Waals surface area contributed by atoms with Crippen LogP contribution >= 0.6 is 0 Å². The predicted molar refractivity (Wildman–Crippen MR) is 62.5 cm³/mol. The maximum absolute atomic E-state index is 9.77. The van der Waals surface area contributed by atoms with E-state index in [0.717, 1.165) is 18.4 Å². The van der Waals surface area contributed by atoms with E-state index < -0.39 is 0 Å². The van der Waals surface area contributed by atoms with Crippen LogP contribution < -0.4 is 5.73 Å². The number of hydrogen-bond acceptors (Lipinski definition) is 3. The van der Waals surface area contributed by atoms with Crippen LogP contribution in [0.5, 0.6) is 0 Å². The third-order valence-corrected chi connectivity index (χ3v) is 2.52. The molecule has 0 amide bonds. The van der Waals surface area contributed by atoms with Crippen LogP contribution in [0.4, 0.5) is 5.82 Å². The highest BCUT2D eigenvalue weighted by molar-refractivity contribution is 5.38. The summed E-state index contributed by atoms with van der Waals surface area (Å²) in [4.78, 5) is 4.00. The van der Waals surface area contributed by atoms with Crippen LogP contribution in [0.3, 0.4) is 0 Å². The Balaban J connectivity index is 2.37. The second-order valence-corrected chi connectivity index (χ2v) is 3.90. The van der Waals surface area contributed by atoms with E-state index in [1.54, 1.807) is 6.20 Å². The molecule has 1 unspecified atom stereocenters. The van der Waals surface area contributed by atoms with E-state index >= 15 is 0 Å². The number of aliphatic hydroxyl groups is 1. The fourth-order valence-electron chi connectivity index (χ4n) is 1.61. The van der Waals surface area contributed by atoms with Crippen molar-refractivity contribution in [2.24, 2.45) is 0 Å². The van der Waals surface area contributed by atoms with Crippen molar-refractivity contribution in [1.82, 2.24) is 4.98 Å². The zero-order valence-corrected chi connectivity index (χ0v) is 9.32. The summed E-state index contributed by atoms with van der Waals surface area (Å²) in [5.41, 5.74) is 6.65. The fraction of sp³-hybridized carbons (Fsp3) is 0.583. The van der Waals surface area contributed by atoms with E-state index in [1.165, 1.54) is 12.8 Å². The van der Waals surface area contributed by atoms with Gasteiger partial charge in [-0.2, -0.15) is 0 Å². The average molecular weight is 208 g/mol. The van der Waals surface area contributed by atoms with Crippen LogP contribution in [0.2, 0.25) is 0 Å². The third-order valence-electron chi connectivity index (χ3n) is 2.52. The average Bonchev–Trinajstić information content (AvgIpc) is 2.22. The largest absolute Gasteiger partial charge is 0.393 e. The summed E-state index contributed by atoms with van der Waals surface area (Å²) in [5, 5.41) is 9.77. The van der Waals surface area contributed by atoms with Crippen molar-refractivity contribution >= 4 is 5.82 Å². The smallest absolute Gasteiger partial charge is 0.126 e. The van der Waals surface area contributed by atoms with Gasteiger partial charge in [0.15, 0.2) is 0 Å². The highest BCUT2D eigenvalue weighted by Crippen LogP contribution is 2.13. The minimum atomic E-state index is -0.289. The number of anilines is 1. The molecule has 0 aliphatic heterocycles. The number of unbranched alkanes of at least 4 members (excludes halogenated alkanes) is 2. The second-order valence-electron chi connectivity index (χ2n) is 3.90. The highest BCUT2D eigenvalue weighted by atomic mass is 16.3. The van der Waals surface area contributed by atoms with Crippen molar-refractivity contribution in [3.8, 4) is 0 Å². The van der Waals surface area contributed by atoms with Gasteiger partial charge in [0.25, 0.3) is 0 Å². The first-order valence-electron chi connectivity index (χ1n) is 5.61. The molecule has 0 bridgehead atoms. The van der Waals surface area contributed by atoms with E-state index in [-0.39, 0.29) is 6.10 Å². The van der Waals surface area contributed by atoms with Gasteiger partial charge in [0.05, 0.1) is 6.10 Å². The summed E-state index contributed by atoms with van der Waals surface area (Å²) >= 11 is 0. The van der Waals surface area contributed by atoms with Gasteiger partial charge in [0, 0.05) is 12.6 Å². The Bertz CT molecular complexity index is 289. The van der Waals surface area contributed by atoms with Gasteiger partial charge >= 0.3 is 0 Å². The minimum absolute atomic E-state index is 0.289. The first-order chi connectivity index (χ1) is 7.24. The number of nitrogens with two attached hydrogens (primary N) is 1. The normalized spacial score (nSPS) is 12.7. The second kappa shape index (κ2) is 6.40. The molecule has 1 atom stereocenters. The number of rotatable bonds is 6. The lowest BCUT2D eigenvalue weighted by Gasteiger charge is -2.11. The van der Waals surface area contributed by atoms with Gasteiger partial charge in [-0.15, -0.1) is 0 Å². The molecular formula is C12H20N2O. The standard InChI is InChI=1S/C12H20N2O/c1-2-3-4-7-11(15)9-10-6-5-8-14-12(10)13/h5-6,8,11,15H,2-4,7,9H2,1H3,(H2,13,14). The van der Waals surface area contributed by atoms with E-state index in [0.29, 0.717) is 12.2 Å². The van der Waals surface area contributed by atoms with Gasteiger partial charge in [-0.3, -0.25) is 0 Å². The van der Waals surface area contributed by atoms with Crippen LogP contribution in [0.1, 0.15) is 38.2 Å². The van der Waals surface area contributed by atoms with Gasteiger partial charge in [-0.25, -0.2) is 4.98 Å². The molecule has 0 saturated heterocycles. The quantitative estimate of drug-likeness (QED) is 0.704. The minimum Gasteiger partial charge on any atom is -0.393 e. The molecule has 1 heterocycles. The summed E-state index contributed by atoms with van der Waals surface area (Å²) < 4.78 is 0. The van der Waals surface area contributed by atoms with Gasteiger partial charge in [0.2, 0.25) is 0 Å². The molecule has 0 aliphatic carbocycles. The monoisotopic (exact) mass is 208 g/mol. The molecule has 15 heavy (non-hydrogen) atoms. The van der Waals surface area contributed by atoms with Crippen molar-refractivity contribution < 1.29 is 5.11 Å². The lowest BCUT2D eigenvalue weighted by Crippen LogP contribution is -2.12. The van der Waals surface area contributed by atoms with Crippen LogP contribution in [0.25, 0.3) is 0 Å². The van der Waals surface area contributed by atoms with Crippen molar-refractivity contribution in [1.29, 1.82) is 0 Å². The number of nitrogen functional groups attached to an aromatic ring is 1. The summed E-state index contributed by atoms with van der Waals surface area (Å²) in [5.74, 6) is 0.534. The topological polar surface area (TPSA) is 59.1 Å². The number of hydrogen-bond donors (Lipinski definition) is 2. The Kier molecular flexibility index (Phi) is 5.12. The number of pyridine rings is 1. The van der Waals surface area contributed by atoms with Crippen molar-refractivity contribution in [2.75, 3.05) is 5.73 Å². The predicted octanol–water partition coefficient (Wildman–Crippen LogP) is 2.15. The molecule has 0 radical (unpaired) electrons. The Morgan fingerprint density at radius 1 is 1.47 bits per heavy atom. The summed E-state index contributed by atoms with van der Waals surface area (Å²) in [6, 6.07) is 3.77. The highest BCUT2D eigenvalue weighted by Gasteiger charge is 2.07. The zero-order chi connectivity index (χ0) is 11.1. The van der Waals surface area contributed by atoms with Crippen LogP contribution in [-0.4, -0.2) is 16.2 Å². The first-order valence-corrected chi connectivity index (χ1v) is 5.61. The van der Waals surface area contributed by atoms with Crippen LogP contribution in [0, 0.1) is 0 Å². The molecule has 0 spiro atoms. The molecule has 3 N–H and O–H groups in total. The van der Waals surface area contributed by atoms with Gasteiger partial charge in [-0.1, -0.05) is 32.3 Å². The van der Waals surface area contributed by atoms with Crippen LogP contribution in [-0.2, 0) is 6.42 Å². The lowest BCUT2D eigenvalue weighted by atomic mass is 10.0. The molecule has 1 aromatic heterocycles. The molecule has 0 saturated carbocycles. The van der Waals surface area contributed by atoms with Crippen molar-refractivity contribution in [3.05, 3.63) is 23.9 Å². The molecule has 1 aromatic rings. The Morgan fingerprint density at radius 3 is 2.93 bits per heavy atom. The SMILES string of the molecule is CCCCCC(O)Cc1cccnc1N.